The molecule has 3 heterocycles. The van der Waals surface area contributed by atoms with Crippen LogP contribution in [0.25, 0.3) is 16.8 Å². The zero-order chi connectivity index (χ0) is 21.8. The molecule has 5 nitrogen and oxygen atoms in total. The molecule has 1 saturated heterocycles. The second kappa shape index (κ2) is 7.22. The second-order valence-corrected chi connectivity index (χ2v) is 8.88. The Morgan fingerprint density at radius 1 is 1.13 bits per heavy atom. The molecule has 0 amide bonds. The summed E-state index contributed by atoms with van der Waals surface area (Å²) in [4.78, 5) is 11.4. The first-order valence-electron chi connectivity index (χ1n) is 10.8. The van der Waals surface area contributed by atoms with Gasteiger partial charge in [0, 0.05) is 37.1 Å². The first kappa shape index (κ1) is 20.3. The molecule has 1 aliphatic heterocycles. The maximum atomic E-state index is 13.7. The quantitative estimate of drug-likeness (QED) is 0.635. The van der Waals surface area contributed by atoms with E-state index in [1.807, 2.05) is 4.40 Å². The van der Waals surface area contributed by atoms with Crippen LogP contribution >= 0.6 is 0 Å². The maximum absolute atomic E-state index is 13.7. The molecule has 2 aliphatic rings. The number of imidazole rings is 1. The molecule has 1 aromatic carbocycles. The predicted octanol–water partition coefficient (Wildman–Crippen LogP) is 4.82. The third-order valence-electron chi connectivity index (χ3n) is 7.23. The van der Waals surface area contributed by atoms with E-state index in [2.05, 4.69) is 9.88 Å². The van der Waals surface area contributed by atoms with Gasteiger partial charge in [0.1, 0.15) is 5.65 Å². The summed E-state index contributed by atoms with van der Waals surface area (Å²) in [5, 5.41) is 0. The standard InChI is InChI=1S/C23H26F3N5/c1-15-19(16-5-2-3-6-17(16)23(24,25)26)20-28-11-14-31(20)21(29-15)30-12-9-22(10-13-30)8-4-7-18(22)27/h2-3,5-6,11,14,18H,4,7-10,12-13,27H2,1H3/t18-/m1/s1. The van der Waals surface area contributed by atoms with Gasteiger partial charge in [-0.2, -0.15) is 13.2 Å². The maximum Gasteiger partial charge on any atom is 0.417 e. The molecule has 2 aromatic heterocycles. The normalized spacial score (nSPS) is 21.3. The lowest BCUT2D eigenvalue weighted by molar-refractivity contribution is -0.137. The Bertz CT molecular complexity index is 1110. The second-order valence-electron chi connectivity index (χ2n) is 8.88. The number of aromatic nitrogens is 3. The van der Waals surface area contributed by atoms with E-state index >= 15 is 0 Å². The number of rotatable bonds is 2. The van der Waals surface area contributed by atoms with Gasteiger partial charge in [0.2, 0.25) is 5.95 Å². The highest BCUT2D eigenvalue weighted by Crippen LogP contribution is 2.46. The summed E-state index contributed by atoms with van der Waals surface area (Å²) in [6, 6.07) is 5.89. The van der Waals surface area contributed by atoms with Crippen molar-refractivity contribution in [2.24, 2.45) is 11.1 Å². The van der Waals surface area contributed by atoms with E-state index in [1.165, 1.54) is 25.0 Å². The fourth-order valence-corrected chi connectivity index (χ4v) is 5.50. The number of aryl methyl sites for hydroxylation is 1. The summed E-state index contributed by atoms with van der Waals surface area (Å²) in [6.07, 6.45) is 4.45. The molecule has 5 rings (SSSR count). The Balaban J connectivity index is 1.56. The fraction of sp³-hybridized carbons (Fsp3) is 0.478. The van der Waals surface area contributed by atoms with E-state index in [9.17, 15) is 13.2 Å². The van der Waals surface area contributed by atoms with Crippen LogP contribution in [-0.4, -0.2) is 33.5 Å². The first-order chi connectivity index (χ1) is 14.8. The molecule has 1 saturated carbocycles. The van der Waals surface area contributed by atoms with Crippen molar-refractivity contribution in [3.63, 3.8) is 0 Å². The van der Waals surface area contributed by atoms with Gasteiger partial charge in [0.25, 0.3) is 0 Å². The van der Waals surface area contributed by atoms with Crippen LogP contribution in [0, 0.1) is 12.3 Å². The highest BCUT2D eigenvalue weighted by Gasteiger charge is 2.43. The molecule has 0 bridgehead atoms. The minimum atomic E-state index is -4.45. The van der Waals surface area contributed by atoms with Gasteiger partial charge < -0.3 is 10.6 Å². The zero-order valence-electron chi connectivity index (χ0n) is 17.5. The van der Waals surface area contributed by atoms with Crippen molar-refractivity contribution in [3.8, 4) is 11.1 Å². The number of alkyl halides is 3. The lowest BCUT2D eigenvalue weighted by Gasteiger charge is -2.42. The minimum absolute atomic E-state index is 0.109. The summed E-state index contributed by atoms with van der Waals surface area (Å²) < 4.78 is 42.8. The number of fused-ring (bicyclic) bond motifs is 1. The Morgan fingerprint density at radius 3 is 2.55 bits per heavy atom. The number of halogens is 3. The summed E-state index contributed by atoms with van der Waals surface area (Å²) in [7, 11) is 0. The van der Waals surface area contributed by atoms with Crippen molar-refractivity contribution in [2.45, 2.75) is 51.2 Å². The molecule has 1 spiro atoms. The third-order valence-corrected chi connectivity index (χ3v) is 7.23. The average Bonchev–Trinajstić information content (AvgIpc) is 3.35. The smallest absolute Gasteiger partial charge is 0.342 e. The van der Waals surface area contributed by atoms with Gasteiger partial charge >= 0.3 is 6.18 Å². The van der Waals surface area contributed by atoms with Gasteiger partial charge in [0.15, 0.2) is 0 Å². The molecule has 164 valence electrons. The first-order valence-corrected chi connectivity index (χ1v) is 10.8. The number of benzene rings is 1. The van der Waals surface area contributed by atoms with Gasteiger partial charge in [0.05, 0.1) is 11.3 Å². The van der Waals surface area contributed by atoms with Crippen LogP contribution in [0.3, 0.4) is 0 Å². The van der Waals surface area contributed by atoms with E-state index in [1.54, 1.807) is 25.4 Å². The summed E-state index contributed by atoms with van der Waals surface area (Å²) in [5.74, 6) is 0.736. The Morgan fingerprint density at radius 2 is 1.87 bits per heavy atom. The van der Waals surface area contributed by atoms with Gasteiger partial charge in [-0.3, -0.25) is 4.40 Å². The fourth-order valence-electron chi connectivity index (χ4n) is 5.50. The molecule has 0 unspecified atom stereocenters. The molecule has 2 fully saturated rings. The number of hydrogen-bond donors (Lipinski definition) is 1. The average molecular weight is 429 g/mol. The molecular weight excluding hydrogens is 403 g/mol. The predicted molar refractivity (Wildman–Crippen MR) is 114 cm³/mol. The summed E-state index contributed by atoms with van der Waals surface area (Å²) in [5.41, 5.74) is 7.55. The SMILES string of the molecule is Cc1nc(N2CCC3(CCC[C@H]3N)CC2)n2ccnc2c1-c1ccccc1C(F)(F)F. The van der Waals surface area contributed by atoms with Gasteiger partial charge in [-0.15, -0.1) is 0 Å². The molecule has 1 aliphatic carbocycles. The van der Waals surface area contributed by atoms with Crippen LogP contribution in [0.2, 0.25) is 0 Å². The monoisotopic (exact) mass is 429 g/mol. The largest absolute Gasteiger partial charge is 0.417 e. The molecule has 8 heteroatoms. The van der Waals surface area contributed by atoms with Crippen molar-refractivity contribution in [1.29, 1.82) is 0 Å². The highest BCUT2D eigenvalue weighted by molar-refractivity contribution is 5.83. The van der Waals surface area contributed by atoms with Crippen LogP contribution in [0.4, 0.5) is 19.1 Å². The van der Waals surface area contributed by atoms with Crippen LogP contribution < -0.4 is 10.6 Å². The van der Waals surface area contributed by atoms with Crippen LogP contribution in [0.5, 0.6) is 0 Å². The van der Waals surface area contributed by atoms with Crippen LogP contribution in [-0.2, 0) is 6.18 Å². The van der Waals surface area contributed by atoms with Crippen molar-refractivity contribution in [1.82, 2.24) is 14.4 Å². The topological polar surface area (TPSA) is 59.5 Å². The molecule has 2 N–H and O–H groups in total. The van der Waals surface area contributed by atoms with Gasteiger partial charge in [-0.1, -0.05) is 24.6 Å². The highest BCUT2D eigenvalue weighted by atomic mass is 19.4. The van der Waals surface area contributed by atoms with E-state index in [4.69, 9.17) is 10.7 Å². The zero-order valence-corrected chi connectivity index (χ0v) is 17.5. The number of nitrogens with two attached hydrogens (primary N) is 1. The Hall–Kier alpha value is -2.61. The number of hydrogen-bond acceptors (Lipinski definition) is 4. The number of anilines is 1. The molecular formula is C23H26F3N5. The lowest BCUT2D eigenvalue weighted by Crippen LogP contribution is -2.47. The van der Waals surface area contributed by atoms with E-state index in [0.717, 1.165) is 44.4 Å². The minimum Gasteiger partial charge on any atom is -0.342 e. The van der Waals surface area contributed by atoms with Crippen LogP contribution in [0.15, 0.2) is 36.7 Å². The van der Waals surface area contributed by atoms with E-state index in [-0.39, 0.29) is 17.0 Å². The molecule has 31 heavy (non-hydrogen) atoms. The number of piperidine rings is 1. The van der Waals surface area contributed by atoms with Gasteiger partial charge in [-0.25, -0.2) is 9.97 Å². The Labute approximate surface area is 179 Å². The van der Waals surface area contributed by atoms with Crippen LogP contribution in [0.1, 0.15) is 43.4 Å². The molecule has 3 aromatic rings. The third kappa shape index (κ3) is 3.28. The van der Waals surface area contributed by atoms with E-state index in [0.29, 0.717) is 16.9 Å². The molecule has 1 atom stereocenters. The number of nitrogens with zero attached hydrogens (tertiary/aromatic N) is 4. The summed E-state index contributed by atoms with van der Waals surface area (Å²) in [6.45, 7) is 3.44. The van der Waals surface area contributed by atoms with Crippen molar-refractivity contribution >= 4 is 11.6 Å². The van der Waals surface area contributed by atoms with Crippen molar-refractivity contribution < 1.29 is 13.2 Å². The van der Waals surface area contributed by atoms with E-state index < -0.39 is 11.7 Å². The lowest BCUT2D eigenvalue weighted by atomic mass is 9.74. The summed E-state index contributed by atoms with van der Waals surface area (Å²) >= 11 is 0. The van der Waals surface area contributed by atoms with Crippen molar-refractivity contribution in [2.75, 3.05) is 18.0 Å². The molecule has 0 radical (unpaired) electrons. The van der Waals surface area contributed by atoms with Crippen molar-refractivity contribution in [3.05, 3.63) is 47.9 Å². The van der Waals surface area contributed by atoms with Gasteiger partial charge in [-0.05, 0) is 49.7 Å². The Kier molecular flexibility index (Phi) is 4.73.